The Morgan fingerprint density at radius 3 is 2.42 bits per heavy atom. The summed E-state index contributed by atoms with van der Waals surface area (Å²) in [7, 11) is -2.31. The Bertz CT molecular complexity index is 883. The lowest BCUT2D eigenvalue weighted by molar-refractivity contribution is -0.122. The molecule has 0 aliphatic carbocycles. The van der Waals surface area contributed by atoms with Crippen molar-refractivity contribution in [1.82, 2.24) is 10.0 Å². The number of hydrogen-bond acceptors (Lipinski definition) is 4. The van der Waals surface area contributed by atoms with Crippen molar-refractivity contribution >= 4 is 27.5 Å². The second kappa shape index (κ2) is 8.53. The van der Waals surface area contributed by atoms with E-state index in [0.717, 1.165) is 5.56 Å². The maximum atomic E-state index is 12.5. The van der Waals surface area contributed by atoms with Crippen LogP contribution in [0.4, 0.5) is 0 Å². The Morgan fingerprint density at radius 1 is 1.19 bits per heavy atom. The highest BCUT2D eigenvalue weighted by atomic mass is 35.5. The Hall–Kier alpha value is -2.09. The number of rotatable bonds is 7. The van der Waals surface area contributed by atoms with E-state index in [4.69, 9.17) is 16.3 Å². The molecule has 0 saturated carbocycles. The van der Waals surface area contributed by atoms with Crippen LogP contribution in [0.2, 0.25) is 5.02 Å². The number of aryl methyl sites for hydroxylation is 1. The van der Waals surface area contributed by atoms with Crippen LogP contribution in [0.15, 0.2) is 47.4 Å². The summed E-state index contributed by atoms with van der Waals surface area (Å²) >= 11 is 5.81. The normalized spacial score (nSPS) is 12.5. The molecule has 0 aromatic heterocycles. The van der Waals surface area contributed by atoms with Crippen molar-refractivity contribution in [2.24, 2.45) is 0 Å². The number of ether oxygens (including phenoxy) is 1. The molecule has 0 radical (unpaired) electrons. The van der Waals surface area contributed by atoms with Crippen LogP contribution in [0.3, 0.4) is 0 Å². The lowest BCUT2D eigenvalue weighted by atomic mass is 10.2. The van der Waals surface area contributed by atoms with Gasteiger partial charge in [0.25, 0.3) is 0 Å². The third kappa shape index (κ3) is 5.20. The molecule has 0 saturated heterocycles. The van der Waals surface area contributed by atoms with Crippen molar-refractivity contribution in [1.29, 1.82) is 0 Å². The molecule has 2 rings (SSSR count). The van der Waals surface area contributed by atoms with Gasteiger partial charge in [0.1, 0.15) is 5.75 Å². The summed E-state index contributed by atoms with van der Waals surface area (Å²) in [4.78, 5) is 12.3. The average Bonchev–Trinajstić information content (AvgIpc) is 2.60. The second-order valence-corrected chi connectivity index (χ2v) is 7.97. The van der Waals surface area contributed by atoms with E-state index >= 15 is 0 Å². The molecule has 0 bridgehead atoms. The van der Waals surface area contributed by atoms with Crippen LogP contribution >= 0.6 is 11.6 Å². The number of benzene rings is 2. The van der Waals surface area contributed by atoms with Gasteiger partial charge < -0.3 is 10.1 Å². The summed E-state index contributed by atoms with van der Waals surface area (Å²) in [6, 6.07) is 10.6. The Morgan fingerprint density at radius 2 is 1.85 bits per heavy atom. The van der Waals surface area contributed by atoms with Crippen LogP contribution in [0.5, 0.6) is 5.75 Å². The first-order chi connectivity index (χ1) is 12.2. The van der Waals surface area contributed by atoms with Gasteiger partial charge >= 0.3 is 0 Å². The van der Waals surface area contributed by atoms with Gasteiger partial charge in [-0.25, -0.2) is 8.42 Å². The number of nitrogens with one attached hydrogen (secondary N) is 2. The summed E-state index contributed by atoms with van der Waals surface area (Å²) in [6.07, 6.45) is 0. The molecule has 2 N–H and O–H groups in total. The van der Waals surface area contributed by atoms with E-state index in [9.17, 15) is 13.2 Å². The lowest BCUT2D eigenvalue weighted by Gasteiger charge is -2.15. The van der Waals surface area contributed by atoms with E-state index in [1.165, 1.54) is 26.2 Å². The fraction of sp³-hybridized carbons (Fsp3) is 0.278. The minimum Gasteiger partial charge on any atom is -0.496 e. The zero-order valence-corrected chi connectivity index (χ0v) is 16.3. The second-order valence-electron chi connectivity index (χ2n) is 5.82. The molecule has 0 aliphatic heterocycles. The molecule has 1 amide bonds. The first kappa shape index (κ1) is 20.2. The predicted molar refractivity (Wildman–Crippen MR) is 101 cm³/mol. The van der Waals surface area contributed by atoms with Crippen molar-refractivity contribution in [3.63, 3.8) is 0 Å². The quantitative estimate of drug-likeness (QED) is 0.753. The van der Waals surface area contributed by atoms with Crippen molar-refractivity contribution in [3.05, 3.63) is 58.6 Å². The Balaban J connectivity index is 2.00. The molecule has 140 valence electrons. The third-order valence-corrected chi connectivity index (χ3v) is 5.57. The van der Waals surface area contributed by atoms with Gasteiger partial charge in [-0.1, -0.05) is 23.7 Å². The van der Waals surface area contributed by atoms with E-state index in [1.54, 1.807) is 37.3 Å². The fourth-order valence-electron chi connectivity index (χ4n) is 2.32. The minimum absolute atomic E-state index is 0.0770. The minimum atomic E-state index is -3.82. The number of amides is 1. The highest BCUT2D eigenvalue weighted by Crippen LogP contribution is 2.21. The smallest absolute Gasteiger partial charge is 0.241 e. The maximum Gasteiger partial charge on any atom is 0.241 e. The van der Waals surface area contributed by atoms with Gasteiger partial charge in [0.05, 0.1) is 18.0 Å². The van der Waals surface area contributed by atoms with E-state index in [1.807, 2.05) is 0 Å². The van der Waals surface area contributed by atoms with Crippen LogP contribution in [-0.4, -0.2) is 27.5 Å². The van der Waals surface area contributed by atoms with Gasteiger partial charge in [-0.05, 0) is 55.3 Å². The Labute approximate surface area is 158 Å². The molecule has 0 heterocycles. The molecule has 6 nitrogen and oxygen atoms in total. The zero-order chi connectivity index (χ0) is 19.3. The monoisotopic (exact) mass is 396 g/mol. The molecule has 0 aliphatic rings. The third-order valence-electron chi connectivity index (χ3n) is 3.78. The molecule has 8 heteroatoms. The van der Waals surface area contributed by atoms with Crippen LogP contribution in [0.25, 0.3) is 0 Å². The van der Waals surface area contributed by atoms with Gasteiger partial charge in [-0.2, -0.15) is 4.72 Å². The topological polar surface area (TPSA) is 84.5 Å². The molecule has 2 aromatic rings. The van der Waals surface area contributed by atoms with Gasteiger partial charge in [-0.3, -0.25) is 4.79 Å². The Kier molecular flexibility index (Phi) is 6.63. The molecule has 26 heavy (non-hydrogen) atoms. The van der Waals surface area contributed by atoms with E-state index < -0.39 is 22.0 Å². The predicted octanol–water partition coefficient (Wildman–Crippen LogP) is 2.64. The molecule has 0 spiro atoms. The summed E-state index contributed by atoms with van der Waals surface area (Å²) in [5.41, 5.74) is 1.55. The molecule has 1 atom stereocenters. The number of carbonyl (C=O) groups excluding carboxylic acids is 1. The lowest BCUT2D eigenvalue weighted by Crippen LogP contribution is -2.44. The first-order valence-corrected chi connectivity index (χ1v) is 9.78. The van der Waals surface area contributed by atoms with E-state index in [0.29, 0.717) is 16.3 Å². The summed E-state index contributed by atoms with van der Waals surface area (Å²) in [5, 5.41) is 3.30. The largest absolute Gasteiger partial charge is 0.496 e. The number of carbonyl (C=O) groups is 1. The molecule has 0 unspecified atom stereocenters. The van der Waals surface area contributed by atoms with Crippen LogP contribution < -0.4 is 14.8 Å². The number of halogens is 1. The van der Waals surface area contributed by atoms with E-state index in [2.05, 4.69) is 10.0 Å². The summed E-state index contributed by atoms with van der Waals surface area (Å²) in [5.74, 6) is 0.173. The van der Waals surface area contributed by atoms with Gasteiger partial charge in [0, 0.05) is 11.6 Å². The standard InChI is InChI=1S/C18H21ClN2O4S/c1-12-10-16(8-9-17(12)25-3)26(23,24)21-13(2)18(22)20-11-14-4-6-15(19)7-5-14/h4-10,13,21H,11H2,1-3H3,(H,20,22)/t13-/m1/s1. The maximum absolute atomic E-state index is 12.5. The van der Waals surface area contributed by atoms with Crippen molar-refractivity contribution in [3.8, 4) is 5.75 Å². The molecule has 2 aromatic carbocycles. The molecular weight excluding hydrogens is 376 g/mol. The van der Waals surface area contributed by atoms with Crippen molar-refractivity contribution < 1.29 is 17.9 Å². The highest BCUT2D eigenvalue weighted by molar-refractivity contribution is 7.89. The van der Waals surface area contributed by atoms with Gasteiger partial charge in [0.2, 0.25) is 15.9 Å². The van der Waals surface area contributed by atoms with Gasteiger partial charge in [0.15, 0.2) is 0 Å². The number of sulfonamides is 1. The van der Waals surface area contributed by atoms with Crippen LogP contribution in [0, 0.1) is 6.92 Å². The van der Waals surface area contributed by atoms with E-state index in [-0.39, 0.29) is 11.4 Å². The summed E-state index contributed by atoms with van der Waals surface area (Å²) in [6.45, 7) is 3.52. The fourth-order valence-corrected chi connectivity index (χ4v) is 3.73. The number of hydrogen-bond donors (Lipinski definition) is 2. The number of methoxy groups -OCH3 is 1. The summed E-state index contributed by atoms with van der Waals surface area (Å²) < 4.78 is 32.4. The first-order valence-electron chi connectivity index (χ1n) is 7.92. The SMILES string of the molecule is COc1ccc(S(=O)(=O)N[C@H](C)C(=O)NCc2ccc(Cl)cc2)cc1C. The van der Waals surface area contributed by atoms with Crippen molar-refractivity contribution in [2.75, 3.05) is 7.11 Å². The zero-order valence-electron chi connectivity index (χ0n) is 14.7. The van der Waals surface area contributed by atoms with Crippen LogP contribution in [-0.2, 0) is 21.4 Å². The highest BCUT2D eigenvalue weighted by Gasteiger charge is 2.22. The molecule has 0 fully saturated rings. The van der Waals surface area contributed by atoms with Gasteiger partial charge in [-0.15, -0.1) is 0 Å². The van der Waals surface area contributed by atoms with Crippen molar-refractivity contribution in [2.45, 2.75) is 31.3 Å². The van der Waals surface area contributed by atoms with Crippen LogP contribution in [0.1, 0.15) is 18.1 Å². The molecular formula is C18H21ClN2O4S. The average molecular weight is 397 g/mol.